The minimum atomic E-state index is -0.905. The third kappa shape index (κ3) is 4.13. The number of anilines is 1. The third-order valence-electron chi connectivity index (χ3n) is 5.55. The molecule has 2 aromatic heterocycles. The summed E-state index contributed by atoms with van der Waals surface area (Å²) in [6.07, 6.45) is 3.31. The number of amides is 1. The average molecular weight is 457 g/mol. The van der Waals surface area contributed by atoms with E-state index in [4.69, 9.17) is 0 Å². The first-order valence-corrected chi connectivity index (χ1v) is 10.6. The molecule has 0 radical (unpaired) electrons. The molecule has 5 aromatic rings. The average Bonchev–Trinajstić information content (AvgIpc) is 3.16. The van der Waals surface area contributed by atoms with Gasteiger partial charge >= 0.3 is 0 Å². The molecule has 5 rings (SSSR count). The number of pyridine rings is 1. The number of nitrogens with zero attached hydrogens (tertiary/aromatic N) is 3. The maximum atomic E-state index is 14.1. The molecule has 3 aromatic carbocycles. The van der Waals surface area contributed by atoms with Crippen molar-refractivity contribution < 1.29 is 22.9 Å². The maximum absolute atomic E-state index is 14.1. The molecule has 34 heavy (non-hydrogen) atoms. The van der Waals surface area contributed by atoms with Crippen molar-refractivity contribution in [1.29, 1.82) is 0 Å². The van der Waals surface area contributed by atoms with E-state index in [1.165, 1.54) is 0 Å². The lowest BCUT2D eigenvalue weighted by atomic mass is 10.1. The van der Waals surface area contributed by atoms with E-state index in [0.717, 1.165) is 23.0 Å². The van der Waals surface area contributed by atoms with Crippen molar-refractivity contribution in [1.82, 2.24) is 9.55 Å². The van der Waals surface area contributed by atoms with Gasteiger partial charge in [-0.05, 0) is 36.4 Å². The molecular formula is C26H19F2N4O2+. The van der Waals surface area contributed by atoms with Crippen LogP contribution in [0.25, 0.3) is 21.9 Å². The fraction of sp³-hybridized carbons (Fsp3) is 0.0769. The lowest BCUT2D eigenvalue weighted by Gasteiger charge is -2.07. The molecule has 0 bridgehead atoms. The smallest absolute Gasteiger partial charge is 0.266 e. The summed E-state index contributed by atoms with van der Waals surface area (Å²) in [5.74, 6) is -2.42. The van der Waals surface area contributed by atoms with Crippen LogP contribution < -0.4 is 9.88 Å². The molecule has 2 heterocycles. The summed E-state index contributed by atoms with van der Waals surface area (Å²) >= 11 is 0. The Morgan fingerprint density at radius 1 is 0.971 bits per heavy atom. The Morgan fingerprint density at radius 2 is 1.79 bits per heavy atom. The minimum Gasteiger partial charge on any atom is -0.321 e. The predicted octanol–water partition coefficient (Wildman–Crippen LogP) is 4.28. The van der Waals surface area contributed by atoms with E-state index < -0.39 is 17.4 Å². The SMILES string of the molecule is O=C(Cn1c[n+](CC(=O)c2ccc(F)cc2F)c2ccccc21)Nc1cccc2cccnc12. The number of carbonyl (C=O) groups is 2. The van der Waals surface area contributed by atoms with E-state index in [1.54, 1.807) is 27.7 Å². The van der Waals surface area contributed by atoms with Gasteiger partial charge in [-0.2, -0.15) is 0 Å². The summed E-state index contributed by atoms with van der Waals surface area (Å²) < 4.78 is 30.7. The van der Waals surface area contributed by atoms with Crippen LogP contribution in [0.2, 0.25) is 0 Å². The highest BCUT2D eigenvalue weighted by Gasteiger charge is 2.22. The van der Waals surface area contributed by atoms with Crippen LogP contribution >= 0.6 is 0 Å². The monoisotopic (exact) mass is 457 g/mol. The zero-order valence-corrected chi connectivity index (χ0v) is 17.9. The molecule has 0 aliphatic carbocycles. The molecule has 168 valence electrons. The van der Waals surface area contributed by atoms with Crippen LogP contribution in [-0.4, -0.2) is 21.2 Å². The van der Waals surface area contributed by atoms with E-state index >= 15 is 0 Å². The second-order valence-corrected chi connectivity index (χ2v) is 7.84. The van der Waals surface area contributed by atoms with E-state index in [9.17, 15) is 18.4 Å². The Kier molecular flexibility index (Phi) is 5.55. The molecular weight excluding hydrogens is 438 g/mol. The zero-order valence-electron chi connectivity index (χ0n) is 17.9. The van der Waals surface area contributed by atoms with Gasteiger partial charge in [0.15, 0.2) is 24.1 Å². The van der Waals surface area contributed by atoms with Crippen LogP contribution in [0.3, 0.4) is 0 Å². The summed E-state index contributed by atoms with van der Waals surface area (Å²) in [6.45, 7) is -0.166. The van der Waals surface area contributed by atoms with Crippen molar-refractivity contribution in [2.45, 2.75) is 13.1 Å². The highest BCUT2D eigenvalue weighted by molar-refractivity contribution is 6.00. The molecule has 0 aliphatic rings. The molecule has 0 saturated heterocycles. The Balaban J connectivity index is 1.41. The van der Waals surface area contributed by atoms with Crippen LogP contribution in [0.15, 0.2) is 85.3 Å². The first kappa shape index (κ1) is 21.4. The highest BCUT2D eigenvalue weighted by Crippen LogP contribution is 2.21. The Bertz CT molecular complexity index is 1560. The number of benzene rings is 3. The Morgan fingerprint density at radius 3 is 2.65 bits per heavy atom. The fourth-order valence-electron chi connectivity index (χ4n) is 4.00. The summed E-state index contributed by atoms with van der Waals surface area (Å²) in [5, 5.41) is 3.82. The molecule has 1 N–H and O–H groups in total. The number of imidazole rings is 1. The second-order valence-electron chi connectivity index (χ2n) is 7.84. The largest absolute Gasteiger partial charge is 0.321 e. The lowest BCUT2D eigenvalue weighted by Crippen LogP contribution is -2.37. The number of Topliss-reactive ketones (excluding diaryl/α,β-unsaturated/α-hetero) is 1. The summed E-state index contributed by atoms with van der Waals surface area (Å²) in [7, 11) is 0. The van der Waals surface area contributed by atoms with Crippen LogP contribution in [0.1, 0.15) is 10.4 Å². The minimum absolute atomic E-state index is 0.00413. The number of rotatable bonds is 6. The third-order valence-corrected chi connectivity index (χ3v) is 5.55. The Hall–Kier alpha value is -4.46. The number of fused-ring (bicyclic) bond motifs is 2. The number of aromatic nitrogens is 3. The van der Waals surface area contributed by atoms with Gasteiger partial charge in [0.25, 0.3) is 5.91 Å². The normalized spacial score (nSPS) is 11.1. The van der Waals surface area contributed by atoms with Crippen molar-refractivity contribution in [2.24, 2.45) is 0 Å². The van der Waals surface area contributed by atoms with Crippen LogP contribution in [0.4, 0.5) is 14.5 Å². The standard InChI is InChI=1S/C26H18F2N4O2/c27-18-10-11-19(20(28)13-18)24(33)14-31-16-32(23-9-2-1-8-22(23)31)15-25(34)30-21-7-3-5-17-6-4-12-29-26(17)21/h1-13,16H,14-15H2/p+1. The number of nitrogens with one attached hydrogen (secondary N) is 1. The number of hydrogen-bond donors (Lipinski definition) is 1. The maximum Gasteiger partial charge on any atom is 0.266 e. The van der Waals surface area contributed by atoms with Gasteiger partial charge in [0.2, 0.25) is 12.1 Å². The molecule has 0 saturated carbocycles. The number of ketones is 1. The van der Waals surface area contributed by atoms with Crippen LogP contribution in [0.5, 0.6) is 0 Å². The predicted molar refractivity (Wildman–Crippen MR) is 123 cm³/mol. The summed E-state index contributed by atoms with van der Waals surface area (Å²) in [6, 6.07) is 19.5. The van der Waals surface area contributed by atoms with Crippen molar-refractivity contribution in [3.05, 3.63) is 103 Å². The number of halogens is 2. The van der Waals surface area contributed by atoms with E-state index in [1.807, 2.05) is 48.5 Å². The second kappa shape index (κ2) is 8.82. The Labute approximate surface area is 193 Å². The molecule has 6 nitrogen and oxygen atoms in total. The van der Waals surface area contributed by atoms with Gasteiger partial charge in [-0.3, -0.25) is 14.6 Å². The topological polar surface area (TPSA) is 67.9 Å². The lowest BCUT2D eigenvalue weighted by molar-refractivity contribution is -0.657. The van der Waals surface area contributed by atoms with Gasteiger partial charge in [-0.25, -0.2) is 17.9 Å². The van der Waals surface area contributed by atoms with Crippen molar-refractivity contribution in [2.75, 3.05) is 5.32 Å². The zero-order chi connectivity index (χ0) is 23.7. The molecule has 0 unspecified atom stereocenters. The van der Waals surface area contributed by atoms with Gasteiger partial charge in [0.05, 0.1) is 16.8 Å². The van der Waals surface area contributed by atoms with Gasteiger partial charge in [0, 0.05) is 17.6 Å². The van der Waals surface area contributed by atoms with Gasteiger partial charge in [-0.1, -0.05) is 30.3 Å². The molecule has 0 spiro atoms. The van der Waals surface area contributed by atoms with Crippen molar-refractivity contribution in [3.8, 4) is 0 Å². The molecule has 8 heteroatoms. The number of hydrogen-bond acceptors (Lipinski definition) is 3. The molecule has 0 atom stereocenters. The van der Waals surface area contributed by atoms with Gasteiger partial charge < -0.3 is 5.32 Å². The van der Waals surface area contributed by atoms with Gasteiger partial charge in [0.1, 0.15) is 11.6 Å². The highest BCUT2D eigenvalue weighted by atomic mass is 19.1. The molecule has 1 amide bonds. The van der Waals surface area contributed by atoms with Crippen molar-refractivity contribution >= 4 is 39.3 Å². The molecule has 0 aliphatic heterocycles. The van der Waals surface area contributed by atoms with Gasteiger partial charge in [-0.15, -0.1) is 0 Å². The summed E-state index contributed by atoms with van der Waals surface area (Å²) in [5.41, 5.74) is 2.55. The summed E-state index contributed by atoms with van der Waals surface area (Å²) in [4.78, 5) is 29.9. The van der Waals surface area contributed by atoms with E-state index in [2.05, 4.69) is 10.3 Å². The fourth-order valence-corrected chi connectivity index (χ4v) is 4.00. The van der Waals surface area contributed by atoms with E-state index in [-0.39, 0.29) is 24.6 Å². The van der Waals surface area contributed by atoms with Crippen LogP contribution in [-0.2, 0) is 17.9 Å². The van der Waals surface area contributed by atoms with Crippen molar-refractivity contribution in [3.63, 3.8) is 0 Å². The molecule has 0 fully saturated rings. The first-order valence-electron chi connectivity index (χ1n) is 10.6. The quantitative estimate of drug-likeness (QED) is 0.306. The number of carbonyl (C=O) groups excluding carboxylic acids is 2. The van der Waals surface area contributed by atoms with Crippen LogP contribution in [0, 0.1) is 11.6 Å². The number of para-hydroxylation sites is 3. The van der Waals surface area contributed by atoms with E-state index in [0.29, 0.717) is 22.8 Å². The first-order chi connectivity index (χ1) is 16.5.